The highest BCUT2D eigenvalue weighted by Gasteiger charge is 2.10. The van der Waals surface area contributed by atoms with E-state index in [-0.39, 0.29) is 11.7 Å². The molecule has 2 rings (SSSR count). The molecule has 7 nitrogen and oxygen atoms in total. The number of aromatic nitrogens is 3. The molecule has 0 aliphatic heterocycles. The van der Waals surface area contributed by atoms with Crippen LogP contribution in [0.1, 0.15) is 18.6 Å². The Hall–Kier alpha value is -1.83. The molecular weight excluding hydrogens is 256 g/mol. The summed E-state index contributed by atoms with van der Waals surface area (Å²) in [5.41, 5.74) is 0. The van der Waals surface area contributed by atoms with Crippen molar-refractivity contribution in [3.8, 4) is 0 Å². The minimum Gasteiger partial charge on any atom is -0.416 e. The van der Waals surface area contributed by atoms with Gasteiger partial charge in [0, 0.05) is 12.5 Å². The first kappa shape index (κ1) is 12.6. The first-order valence-corrected chi connectivity index (χ1v) is 6.34. The predicted molar refractivity (Wildman–Crippen MR) is 64.3 cm³/mol. The fraction of sp³-hybridized carbons (Fsp3) is 0.400. The summed E-state index contributed by atoms with van der Waals surface area (Å²) in [6.45, 7) is 3.67. The van der Waals surface area contributed by atoms with Gasteiger partial charge in [0.25, 0.3) is 5.22 Å². The number of rotatable bonds is 5. The molecule has 2 aromatic heterocycles. The van der Waals surface area contributed by atoms with E-state index in [1.165, 1.54) is 11.8 Å². The van der Waals surface area contributed by atoms with E-state index in [4.69, 9.17) is 8.94 Å². The van der Waals surface area contributed by atoms with Crippen LogP contribution in [0.5, 0.6) is 0 Å². The Labute approximate surface area is 107 Å². The van der Waals surface area contributed by atoms with Gasteiger partial charge in [0.05, 0.1) is 5.75 Å². The van der Waals surface area contributed by atoms with Gasteiger partial charge in [0.2, 0.25) is 11.8 Å². The molecule has 2 aromatic rings. The summed E-state index contributed by atoms with van der Waals surface area (Å²) in [5.74, 6) is 1.58. The molecule has 0 unspecified atom stereocenters. The first-order valence-electron chi connectivity index (χ1n) is 5.35. The fourth-order valence-corrected chi connectivity index (χ4v) is 1.75. The minimum atomic E-state index is -0.204. The summed E-state index contributed by atoms with van der Waals surface area (Å²) < 4.78 is 10.1. The molecule has 0 radical (unpaired) electrons. The van der Waals surface area contributed by atoms with Gasteiger partial charge in [0.15, 0.2) is 5.82 Å². The van der Waals surface area contributed by atoms with Crippen LogP contribution in [0.25, 0.3) is 0 Å². The summed E-state index contributed by atoms with van der Waals surface area (Å²) in [6.07, 6.45) is 0.679. The summed E-state index contributed by atoms with van der Waals surface area (Å²) in [7, 11) is 0. The molecule has 96 valence electrons. The lowest BCUT2D eigenvalue weighted by Crippen LogP contribution is -2.14. The molecule has 0 fully saturated rings. The summed E-state index contributed by atoms with van der Waals surface area (Å²) in [6, 6.07) is 1.64. The van der Waals surface area contributed by atoms with Crippen LogP contribution in [0.15, 0.2) is 20.2 Å². The smallest absolute Gasteiger partial charge is 0.277 e. The van der Waals surface area contributed by atoms with Gasteiger partial charge in [-0.15, -0.1) is 10.2 Å². The molecule has 18 heavy (non-hydrogen) atoms. The molecular formula is C10H12N4O3S. The third kappa shape index (κ3) is 3.33. The van der Waals surface area contributed by atoms with Crippen molar-refractivity contribution >= 4 is 23.5 Å². The Kier molecular flexibility index (Phi) is 3.98. The van der Waals surface area contributed by atoms with Crippen molar-refractivity contribution in [2.75, 3.05) is 11.1 Å². The number of anilines is 1. The van der Waals surface area contributed by atoms with Crippen molar-refractivity contribution < 1.29 is 13.7 Å². The number of hydrogen-bond donors (Lipinski definition) is 1. The molecule has 0 aromatic carbocycles. The minimum absolute atomic E-state index is 0.178. The standard InChI is InChI=1S/C10H12N4O3S/c1-3-9-12-13-10(16-9)18-5-8(15)11-7-4-6(2)17-14-7/h4H,3,5H2,1-2H3,(H,11,14,15). The largest absolute Gasteiger partial charge is 0.416 e. The predicted octanol–water partition coefficient (Wildman–Crippen LogP) is 1.66. The van der Waals surface area contributed by atoms with Gasteiger partial charge < -0.3 is 14.3 Å². The van der Waals surface area contributed by atoms with Crippen LogP contribution in [0.2, 0.25) is 0 Å². The monoisotopic (exact) mass is 268 g/mol. The Bertz CT molecular complexity index is 537. The Morgan fingerprint density at radius 1 is 1.50 bits per heavy atom. The normalized spacial score (nSPS) is 10.6. The van der Waals surface area contributed by atoms with Crippen LogP contribution < -0.4 is 5.32 Å². The van der Waals surface area contributed by atoms with E-state index in [1.807, 2.05) is 6.92 Å². The molecule has 0 spiro atoms. The fourth-order valence-electron chi connectivity index (χ4n) is 1.17. The number of amides is 1. The number of carbonyl (C=O) groups is 1. The number of nitrogens with zero attached hydrogens (tertiary/aromatic N) is 3. The molecule has 0 saturated carbocycles. The first-order chi connectivity index (χ1) is 8.67. The molecule has 0 atom stereocenters. The Morgan fingerprint density at radius 3 is 2.94 bits per heavy atom. The third-order valence-corrected chi connectivity index (χ3v) is 2.79. The maximum Gasteiger partial charge on any atom is 0.277 e. The average Bonchev–Trinajstić information content (AvgIpc) is 2.95. The number of hydrogen-bond acceptors (Lipinski definition) is 7. The van der Waals surface area contributed by atoms with E-state index >= 15 is 0 Å². The number of nitrogens with one attached hydrogen (secondary N) is 1. The number of thioether (sulfide) groups is 1. The van der Waals surface area contributed by atoms with E-state index in [9.17, 15) is 4.79 Å². The highest BCUT2D eigenvalue weighted by molar-refractivity contribution is 7.99. The van der Waals surface area contributed by atoms with E-state index < -0.39 is 0 Å². The van der Waals surface area contributed by atoms with Crippen molar-refractivity contribution in [1.29, 1.82) is 0 Å². The zero-order valence-corrected chi connectivity index (χ0v) is 10.8. The van der Waals surface area contributed by atoms with E-state index in [0.717, 1.165) is 0 Å². The molecule has 0 aliphatic carbocycles. The van der Waals surface area contributed by atoms with E-state index in [2.05, 4.69) is 20.7 Å². The van der Waals surface area contributed by atoms with Crippen LogP contribution in [0.4, 0.5) is 5.82 Å². The maximum atomic E-state index is 11.6. The average molecular weight is 268 g/mol. The summed E-state index contributed by atoms with van der Waals surface area (Å²) >= 11 is 1.18. The second kappa shape index (κ2) is 5.67. The lowest BCUT2D eigenvalue weighted by molar-refractivity contribution is -0.113. The Morgan fingerprint density at radius 2 is 2.33 bits per heavy atom. The number of carbonyl (C=O) groups excluding carboxylic acids is 1. The van der Waals surface area contributed by atoms with Crippen LogP contribution in [-0.4, -0.2) is 27.0 Å². The van der Waals surface area contributed by atoms with Gasteiger partial charge in [-0.1, -0.05) is 23.8 Å². The maximum absolute atomic E-state index is 11.6. The second-order valence-corrected chi connectivity index (χ2v) is 4.40. The third-order valence-electron chi connectivity index (χ3n) is 1.97. The van der Waals surface area contributed by atoms with Gasteiger partial charge in [-0.3, -0.25) is 4.79 Å². The molecule has 0 aliphatic rings. The van der Waals surface area contributed by atoms with Crippen molar-refractivity contribution in [2.24, 2.45) is 0 Å². The molecule has 1 amide bonds. The van der Waals surface area contributed by atoms with Crippen LogP contribution in [0, 0.1) is 6.92 Å². The molecule has 2 heterocycles. The molecule has 8 heteroatoms. The molecule has 1 N–H and O–H groups in total. The van der Waals surface area contributed by atoms with E-state index in [0.29, 0.717) is 29.1 Å². The SMILES string of the molecule is CCc1nnc(SCC(=O)Nc2cc(C)on2)o1. The van der Waals surface area contributed by atoms with Crippen LogP contribution in [0.3, 0.4) is 0 Å². The van der Waals surface area contributed by atoms with Crippen molar-refractivity contribution in [2.45, 2.75) is 25.5 Å². The highest BCUT2D eigenvalue weighted by atomic mass is 32.2. The van der Waals surface area contributed by atoms with Crippen molar-refractivity contribution in [3.63, 3.8) is 0 Å². The van der Waals surface area contributed by atoms with Crippen molar-refractivity contribution in [3.05, 3.63) is 17.7 Å². The van der Waals surface area contributed by atoms with Crippen LogP contribution >= 0.6 is 11.8 Å². The van der Waals surface area contributed by atoms with Gasteiger partial charge >= 0.3 is 0 Å². The second-order valence-electron chi connectivity index (χ2n) is 3.47. The van der Waals surface area contributed by atoms with Crippen molar-refractivity contribution in [1.82, 2.24) is 15.4 Å². The summed E-state index contributed by atoms with van der Waals surface area (Å²) in [4.78, 5) is 11.6. The number of aryl methyl sites for hydroxylation is 2. The van der Waals surface area contributed by atoms with Gasteiger partial charge in [0.1, 0.15) is 5.76 Å². The van der Waals surface area contributed by atoms with E-state index in [1.54, 1.807) is 13.0 Å². The lowest BCUT2D eigenvalue weighted by atomic mass is 10.5. The zero-order valence-electron chi connectivity index (χ0n) is 9.97. The molecule has 0 saturated heterocycles. The molecule has 0 bridgehead atoms. The highest BCUT2D eigenvalue weighted by Crippen LogP contribution is 2.16. The van der Waals surface area contributed by atoms with Gasteiger partial charge in [-0.25, -0.2) is 0 Å². The van der Waals surface area contributed by atoms with Gasteiger partial charge in [-0.05, 0) is 6.92 Å². The quantitative estimate of drug-likeness (QED) is 0.824. The van der Waals surface area contributed by atoms with Crippen LogP contribution in [-0.2, 0) is 11.2 Å². The lowest BCUT2D eigenvalue weighted by Gasteiger charge is -1.97. The summed E-state index contributed by atoms with van der Waals surface area (Å²) in [5, 5.41) is 14.3. The van der Waals surface area contributed by atoms with Gasteiger partial charge in [-0.2, -0.15) is 0 Å². The Balaban J connectivity index is 1.81. The topological polar surface area (TPSA) is 94.1 Å². The zero-order chi connectivity index (χ0) is 13.0.